The van der Waals surface area contributed by atoms with Gasteiger partial charge >= 0.3 is 0 Å². The van der Waals surface area contributed by atoms with Crippen LogP contribution in [0.25, 0.3) is 10.9 Å². The van der Waals surface area contributed by atoms with Gasteiger partial charge in [-0.05, 0) is 62.1 Å². The Morgan fingerprint density at radius 2 is 1.74 bits per heavy atom. The third-order valence-electron chi connectivity index (χ3n) is 7.68. The van der Waals surface area contributed by atoms with Crippen LogP contribution in [0.15, 0.2) is 64.5 Å². The van der Waals surface area contributed by atoms with Gasteiger partial charge in [0.05, 0.1) is 22.8 Å². The van der Waals surface area contributed by atoms with E-state index in [1.807, 2.05) is 48.5 Å². The van der Waals surface area contributed by atoms with Crippen molar-refractivity contribution >= 4 is 34.5 Å². The largest absolute Gasteiger partial charge is 0.376 e. The molecule has 2 heterocycles. The molecule has 206 valence electrons. The number of carbonyl (C=O) groups excluding carboxylic acids is 2. The normalized spacial score (nSPS) is 21.1. The van der Waals surface area contributed by atoms with Crippen LogP contribution in [0.5, 0.6) is 0 Å². The number of hydrogen-bond acceptors (Lipinski definition) is 6. The summed E-state index contributed by atoms with van der Waals surface area (Å²) in [5.74, 6) is 0.471. The van der Waals surface area contributed by atoms with E-state index in [9.17, 15) is 14.4 Å². The van der Waals surface area contributed by atoms with Gasteiger partial charge < -0.3 is 15.4 Å². The molecule has 2 fully saturated rings. The van der Waals surface area contributed by atoms with Gasteiger partial charge in [0, 0.05) is 32.2 Å². The number of nitrogens with zero attached hydrogens (tertiary/aromatic N) is 2. The fourth-order valence-electron chi connectivity index (χ4n) is 5.43. The molecule has 5 rings (SSSR count). The van der Waals surface area contributed by atoms with Gasteiger partial charge in [-0.15, -0.1) is 0 Å². The number of nitrogens with one attached hydrogen (secondary N) is 2. The number of fused-ring (bicyclic) bond motifs is 1. The molecule has 39 heavy (non-hydrogen) atoms. The zero-order chi connectivity index (χ0) is 27.0. The molecule has 1 saturated heterocycles. The second-order valence-corrected chi connectivity index (χ2v) is 11.4. The Kier molecular flexibility index (Phi) is 9.32. The van der Waals surface area contributed by atoms with Gasteiger partial charge in [-0.25, -0.2) is 4.98 Å². The highest BCUT2D eigenvalue weighted by atomic mass is 32.2. The van der Waals surface area contributed by atoms with Crippen molar-refractivity contribution in [2.24, 2.45) is 11.8 Å². The predicted molar refractivity (Wildman–Crippen MR) is 152 cm³/mol. The summed E-state index contributed by atoms with van der Waals surface area (Å²) >= 11 is 1.30. The van der Waals surface area contributed by atoms with Crippen molar-refractivity contribution in [3.8, 4) is 0 Å². The number of hydrogen-bond donors (Lipinski definition) is 2. The van der Waals surface area contributed by atoms with Crippen LogP contribution < -0.4 is 16.2 Å². The van der Waals surface area contributed by atoms with Crippen LogP contribution >= 0.6 is 11.8 Å². The molecule has 2 aliphatic rings. The highest BCUT2D eigenvalue weighted by Gasteiger charge is 2.27. The summed E-state index contributed by atoms with van der Waals surface area (Å²) in [7, 11) is 0. The average molecular weight is 549 g/mol. The third-order valence-corrected chi connectivity index (χ3v) is 8.65. The van der Waals surface area contributed by atoms with E-state index in [1.54, 1.807) is 10.6 Å². The van der Waals surface area contributed by atoms with E-state index in [0.29, 0.717) is 35.7 Å². The highest BCUT2D eigenvalue weighted by molar-refractivity contribution is 7.99. The minimum atomic E-state index is -0.0912. The molecule has 2 N–H and O–H groups in total. The maximum atomic E-state index is 13.5. The zero-order valence-corrected chi connectivity index (χ0v) is 23.0. The molecule has 3 aromatic rings. The number of benzene rings is 2. The van der Waals surface area contributed by atoms with Gasteiger partial charge in [-0.2, -0.15) is 0 Å². The van der Waals surface area contributed by atoms with Gasteiger partial charge in [-0.3, -0.25) is 19.0 Å². The van der Waals surface area contributed by atoms with E-state index in [1.165, 1.54) is 11.8 Å². The van der Waals surface area contributed by atoms with Gasteiger partial charge in [0.1, 0.15) is 0 Å². The molecule has 8 nitrogen and oxygen atoms in total. The molecule has 0 radical (unpaired) electrons. The van der Waals surface area contributed by atoms with E-state index in [2.05, 4.69) is 10.6 Å². The lowest BCUT2D eigenvalue weighted by Crippen LogP contribution is -2.35. The van der Waals surface area contributed by atoms with Crippen LogP contribution in [-0.2, 0) is 27.4 Å². The predicted octanol–water partition coefficient (Wildman–Crippen LogP) is 3.91. The summed E-state index contributed by atoms with van der Waals surface area (Å²) < 4.78 is 7.32. The summed E-state index contributed by atoms with van der Waals surface area (Å²) in [6, 6.07) is 17.3. The second kappa shape index (κ2) is 13.3. The number of ether oxygens (including phenoxy) is 1. The Hall–Kier alpha value is -3.17. The molecule has 1 atom stereocenters. The minimum Gasteiger partial charge on any atom is -0.376 e. The topological polar surface area (TPSA) is 102 Å². The van der Waals surface area contributed by atoms with Gasteiger partial charge in [-0.1, -0.05) is 54.2 Å². The lowest BCUT2D eigenvalue weighted by atomic mass is 9.81. The van der Waals surface area contributed by atoms with E-state index in [-0.39, 0.29) is 41.1 Å². The molecule has 0 bridgehead atoms. The van der Waals surface area contributed by atoms with E-state index < -0.39 is 0 Å². The van der Waals surface area contributed by atoms with Gasteiger partial charge in [0.25, 0.3) is 5.56 Å². The average Bonchev–Trinajstić information content (AvgIpc) is 3.50. The number of para-hydroxylation sites is 1. The molecule has 1 aliphatic carbocycles. The Morgan fingerprint density at radius 3 is 2.51 bits per heavy atom. The molecule has 2 amide bonds. The standard InChI is InChI=1S/C30H36N4O4S/c35-27(31-18-24-9-6-16-38-24)20-39-30-33-26-11-5-4-10-25(26)29(37)34(30)19-22-12-14-23(15-13-22)28(36)32-17-21-7-2-1-3-8-21/h1-5,7-8,10-11,22-24H,6,9,12-20H2,(H,31,35)(H,32,36)/t22?,23?,24-/m0/s1. The Bertz CT molecular complexity index is 1330. The van der Waals surface area contributed by atoms with Crippen LogP contribution in [0, 0.1) is 11.8 Å². The SMILES string of the molecule is O=C(CSc1nc2ccccc2c(=O)n1CC1CCC(C(=O)NCc2ccccc2)CC1)NC[C@@H]1CCCO1. The van der Waals surface area contributed by atoms with E-state index in [4.69, 9.17) is 9.72 Å². The van der Waals surface area contributed by atoms with Gasteiger partial charge in [0.15, 0.2) is 5.16 Å². The first-order valence-electron chi connectivity index (χ1n) is 13.9. The number of amides is 2. The number of carbonyl (C=O) groups is 2. The van der Waals surface area contributed by atoms with Crippen LogP contribution in [0.3, 0.4) is 0 Å². The summed E-state index contributed by atoms with van der Waals surface area (Å²) in [4.78, 5) is 43.5. The number of rotatable bonds is 10. The summed E-state index contributed by atoms with van der Waals surface area (Å²) in [5, 5.41) is 7.17. The molecular formula is C30H36N4O4S. The van der Waals surface area contributed by atoms with Crippen LogP contribution in [0.1, 0.15) is 44.1 Å². The maximum Gasteiger partial charge on any atom is 0.262 e. The molecule has 1 saturated carbocycles. The van der Waals surface area contributed by atoms with Crippen molar-refractivity contribution in [3.05, 3.63) is 70.5 Å². The molecule has 0 unspecified atom stereocenters. The summed E-state index contributed by atoms with van der Waals surface area (Å²) in [6.07, 6.45) is 5.43. The van der Waals surface area contributed by atoms with Crippen LogP contribution in [-0.4, -0.2) is 46.4 Å². The van der Waals surface area contributed by atoms with Gasteiger partial charge in [0.2, 0.25) is 11.8 Å². The van der Waals surface area contributed by atoms with Crippen LogP contribution in [0.4, 0.5) is 0 Å². The Labute approximate surface area is 232 Å². The summed E-state index contributed by atoms with van der Waals surface area (Å²) in [6.45, 7) is 2.34. The zero-order valence-electron chi connectivity index (χ0n) is 22.1. The van der Waals surface area contributed by atoms with E-state index in [0.717, 1.165) is 50.7 Å². The first-order valence-corrected chi connectivity index (χ1v) is 14.9. The van der Waals surface area contributed by atoms with Crippen molar-refractivity contribution in [3.63, 3.8) is 0 Å². The van der Waals surface area contributed by atoms with Crippen molar-refractivity contribution in [1.29, 1.82) is 0 Å². The van der Waals surface area contributed by atoms with Crippen molar-refractivity contribution in [2.45, 2.75) is 62.9 Å². The first kappa shape index (κ1) is 27.4. The van der Waals surface area contributed by atoms with Crippen molar-refractivity contribution in [1.82, 2.24) is 20.2 Å². The second-order valence-electron chi connectivity index (χ2n) is 10.5. The smallest absolute Gasteiger partial charge is 0.262 e. The Balaban J connectivity index is 1.20. The number of thioether (sulfide) groups is 1. The Morgan fingerprint density at radius 1 is 0.974 bits per heavy atom. The van der Waals surface area contributed by atoms with Crippen molar-refractivity contribution in [2.75, 3.05) is 18.9 Å². The molecule has 2 aromatic carbocycles. The highest BCUT2D eigenvalue weighted by Crippen LogP contribution is 2.31. The van der Waals surface area contributed by atoms with Crippen molar-refractivity contribution < 1.29 is 14.3 Å². The molecule has 9 heteroatoms. The quantitative estimate of drug-likeness (QED) is 0.294. The lowest BCUT2D eigenvalue weighted by Gasteiger charge is -2.28. The monoisotopic (exact) mass is 548 g/mol. The lowest BCUT2D eigenvalue weighted by molar-refractivity contribution is -0.126. The van der Waals surface area contributed by atoms with E-state index >= 15 is 0 Å². The molecule has 1 aliphatic heterocycles. The third kappa shape index (κ3) is 7.28. The minimum absolute atomic E-state index is 0.00204. The first-order chi connectivity index (χ1) is 19.1. The summed E-state index contributed by atoms with van der Waals surface area (Å²) in [5.41, 5.74) is 1.65. The van der Waals surface area contributed by atoms with Crippen LogP contribution in [0.2, 0.25) is 0 Å². The fraction of sp³-hybridized carbons (Fsp3) is 0.467. The molecule has 1 aromatic heterocycles. The molecular weight excluding hydrogens is 512 g/mol. The fourth-order valence-corrected chi connectivity index (χ4v) is 6.27. The molecule has 0 spiro atoms. The number of aromatic nitrogens is 2. The maximum absolute atomic E-state index is 13.5.